The first-order valence-electron chi connectivity index (χ1n) is 5.52. The molecule has 7 heteroatoms. The topological polar surface area (TPSA) is 63.6 Å². The molecule has 0 aliphatic carbocycles. The summed E-state index contributed by atoms with van der Waals surface area (Å²) in [6, 6.07) is 10.4. The highest BCUT2D eigenvalue weighted by Gasteiger charge is 2.20. The van der Waals surface area contributed by atoms with Gasteiger partial charge >= 0.3 is 10.1 Å². The molecule has 0 atom stereocenters. The zero-order valence-electron chi connectivity index (χ0n) is 10.1. The van der Waals surface area contributed by atoms with Crippen molar-refractivity contribution in [2.75, 3.05) is 0 Å². The van der Waals surface area contributed by atoms with E-state index in [-0.39, 0.29) is 27.3 Å². The van der Waals surface area contributed by atoms with Gasteiger partial charge < -0.3 is 9.29 Å². The molecule has 0 fully saturated rings. The Hall–Kier alpha value is -1.27. The van der Waals surface area contributed by atoms with Crippen molar-refractivity contribution in [2.45, 2.75) is 11.5 Å². The minimum absolute atomic E-state index is 0.00151. The van der Waals surface area contributed by atoms with Crippen molar-refractivity contribution in [3.05, 3.63) is 58.1 Å². The molecule has 0 saturated carbocycles. The number of aliphatic hydroxyl groups is 1. The van der Waals surface area contributed by atoms with Crippen LogP contribution in [0.4, 0.5) is 0 Å². The second-order valence-corrected chi connectivity index (χ2v) is 6.26. The van der Waals surface area contributed by atoms with Gasteiger partial charge in [0.25, 0.3) is 0 Å². The summed E-state index contributed by atoms with van der Waals surface area (Å²) in [5.74, 6) is -0.158. The van der Waals surface area contributed by atoms with E-state index in [1.807, 2.05) is 0 Å². The Morgan fingerprint density at radius 2 is 1.60 bits per heavy atom. The average molecular weight is 333 g/mol. The quantitative estimate of drug-likeness (QED) is 0.873. The molecule has 4 nitrogen and oxygen atoms in total. The van der Waals surface area contributed by atoms with E-state index in [9.17, 15) is 8.42 Å². The Morgan fingerprint density at radius 3 is 2.10 bits per heavy atom. The Labute approximate surface area is 126 Å². The molecular formula is C13H10Cl2O4S. The molecular weight excluding hydrogens is 323 g/mol. The lowest BCUT2D eigenvalue weighted by atomic mass is 10.2. The van der Waals surface area contributed by atoms with Gasteiger partial charge in [0.2, 0.25) is 0 Å². The molecule has 2 aromatic rings. The molecule has 0 heterocycles. The maximum atomic E-state index is 12.1. The third-order valence-corrected chi connectivity index (χ3v) is 4.26. The van der Waals surface area contributed by atoms with Gasteiger partial charge in [-0.25, -0.2) is 0 Å². The van der Waals surface area contributed by atoms with Crippen molar-refractivity contribution >= 4 is 33.3 Å². The standard InChI is InChI=1S/C13H10Cl2O4S/c14-11-6-9(8-16)7-12(15)13(11)19-20(17,18)10-4-2-1-3-5-10/h1-7,16H,8H2. The molecule has 0 aliphatic heterocycles. The van der Waals surface area contributed by atoms with Gasteiger partial charge in [-0.05, 0) is 29.8 Å². The van der Waals surface area contributed by atoms with Crippen LogP contribution < -0.4 is 4.18 Å². The lowest BCUT2D eigenvalue weighted by Crippen LogP contribution is -2.10. The smallest absolute Gasteiger partial charge is 0.339 e. The van der Waals surface area contributed by atoms with E-state index >= 15 is 0 Å². The zero-order valence-corrected chi connectivity index (χ0v) is 12.4. The van der Waals surface area contributed by atoms with E-state index in [0.29, 0.717) is 5.56 Å². The highest BCUT2D eigenvalue weighted by molar-refractivity contribution is 7.87. The van der Waals surface area contributed by atoms with Crippen LogP contribution in [0.15, 0.2) is 47.4 Å². The predicted molar refractivity (Wildman–Crippen MR) is 76.6 cm³/mol. The van der Waals surface area contributed by atoms with Crippen molar-refractivity contribution < 1.29 is 17.7 Å². The minimum atomic E-state index is -4.01. The third kappa shape index (κ3) is 3.24. The monoisotopic (exact) mass is 332 g/mol. The summed E-state index contributed by atoms with van der Waals surface area (Å²) in [5, 5.41) is 9.04. The van der Waals surface area contributed by atoms with Crippen LogP contribution in [0.25, 0.3) is 0 Å². The first-order chi connectivity index (χ1) is 9.44. The summed E-state index contributed by atoms with van der Waals surface area (Å²) in [6.07, 6.45) is 0. The average Bonchev–Trinajstić information content (AvgIpc) is 2.43. The molecule has 0 aromatic heterocycles. The maximum Gasteiger partial charge on any atom is 0.339 e. The Bertz CT molecular complexity index is 691. The molecule has 0 amide bonds. The second kappa shape index (κ2) is 6.01. The zero-order chi connectivity index (χ0) is 14.8. The fourth-order valence-corrected chi connectivity index (χ4v) is 3.21. The molecule has 20 heavy (non-hydrogen) atoms. The molecule has 0 bridgehead atoms. The number of aliphatic hydroxyl groups excluding tert-OH is 1. The van der Waals surface area contributed by atoms with Crippen molar-refractivity contribution in [1.29, 1.82) is 0 Å². The summed E-state index contributed by atoms with van der Waals surface area (Å²) in [7, 11) is -4.01. The van der Waals surface area contributed by atoms with Crippen LogP contribution in [0.3, 0.4) is 0 Å². The van der Waals surface area contributed by atoms with Gasteiger partial charge in [0.15, 0.2) is 5.75 Å². The first kappa shape index (κ1) is 15.1. The molecule has 0 spiro atoms. The van der Waals surface area contributed by atoms with E-state index in [0.717, 1.165) is 0 Å². The van der Waals surface area contributed by atoms with Crippen LogP contribution >= 0.6 is 23.2 Å². The fraction of sp³-hybridized carbons (Fsp3) is 0.0769. The largest absolute Gasteiger partial charge is 0.392 e. The summed E-state index contributed by atoms with van der Waals surface area (Å²) in [6.45, 7) is -0.259. The lowest BCUT2D eigenvalue weighted by Gasteiger charge is -2.11. The molecule has 0 saturated heterocycles. The molecule has 1 N–H and O–H groups in total. The minimum Gasteiger partial charge on any atom is -0.392 e. The normalized spacial score (nSPS) is 11.3. The van der Waals surface area contributed by atoms with Crippen molar-refractivity contribution in [2.24, 2.45) is 0 Å². The number of hydrogen-bond donors (Lipinski definition) is 1. The molecule has 2 aromatic carbocycles. The number of benzene rings is 2. The van der Waals surface area contributed by atoms with Crippen LogP contribution in [0.2, 0.25) is 10.0 Å². The first-order valence-corrected chi connectivity index (χ1v) is 7.69. The third-order valence-electron chi connectivity index (χ3n) is 2.47. The summed E-state index contributed by atoms with van der Waals surface area (Å²) >= 11 is 11.8. The van der Waals surface area contributed by atoms with E-state index in [2.05, 4.69) is 0 Å². The fourth-order valence-electron chi connectivity index (χ4n) is 1.53. The Kier molecular flexibility index (Phi) is 4.55. The van der Waals surface area contributed by atoms with Gasteiger partial charge in [0.05, 0.1) is 16.7 Å². The van der Waals surface area contributed by atoms with E-state index in [4.69, 9.17) is 32.5 Å². The molecule has 0 unspecified atom stereocenters. The molecule has 106 valence electrons. The van der Waals surface area contributed by atoms with Gasteiger partial charge in [-0.15, -0.1) is 0 Å². The van der Waals surface area contributed by atoms with Crippen LogP contribution in [0.5, 0.6) is 5.75 Å². The number of hydrogen-bond acceptors (Lipinski definition) is 4. The summed E-state index contributed by atoms with van der Waals surface area (Å²) in [4.78, 5) is -0.00151. The lowest BCUT2D eigenvalue weighted by molar-refractivity contribution is 0.282. The van der Waals surface area contributed by atoms with Crippen molar-refractivity contribution in [3.8, 4) is 5.75 Å². The van der Waals surface area contributed by atoms with Crippen LogP contribution in [-0.4, -0.2) is 13.5 Å². The Morgan fingerprint density at radius 1 is 1.05 bits per heavy atom. The van der Waals surface area contributed by atoms with E-state index in [1.54, 1.807) is 18.2 Å². The number of rotatable bonds is 4. The molecule has 0 radical (unpaired) electrons. The van der Waals surface area contributed by atoms with E-state index < -0.39 is 10.1 Å². The molecule has 2 rings (SSSR count). The van der Waals surface area contributed by atoms with Crippen LogP contribution in [0, 0.1) is 0 Å². The van der Waals surface area contributed by atoms with Gasteiger partial charge in [-0.1, -0.05) is 41.4 Å². The Balaban J connectivity index is 2.40. The molecule has 0 aliphatic rings. The predicted octanol–water partition coefficient (Wildman–Crippen LogP) is 3.25. The van der Waals surface area contributed by atoms with Gasteiger partial charge in [0, 0.05) is 0 Å². The number of halogens is 2. The van der Waals surface area contributed by atoms with E-state index in [1.165, 1.54) is 24.3 Å². The van der Waals surface area contributed by atoms with Gasteiger partial charge in [-0.3, -0.25) is 0 Å². The highest BCUT2D eigenvalue weighted by atomic mass is 35.5. The van der Waals surface area contributed by atoms with Gasteiger partial charge in [0.1, 0.15) is 4.90 Å². The van der Waals surface area contributed by atoms with Crippen LogP contribution in [0.1, 0.15) is 5.56 Å². The SMILES string of the molecule is O=S(=O)(Oc1c(Cl)cc(CO)cc1Cl)c1ccccc1. The van der Waals surface area contributed by atoms with Crippen molar-refractivity contribution in [3.63, 3.8) is 0 Å². The maximum absolute atomic E-state index is 12.1. The van der Waals surface area contributed by atoms with Crippen LogP contribution in [-0.2, 0) is 16.7 Å². The second-order valence-electron chi connectivity index (χ2n) is 3.90. The van der Waals surface area contributed by atoms with Crippen molar-refractivity contribution in [1.82, 2.24) is 0 Å². The van der Waals surface area contributed by atoms with Gasteiger partial charge in [-0.2, -0.15) is 8.42 Å². The summed E-state index contributed by atoms with van der Waals surface area (Å²) in [5.41, 5.74) is 0.462. The highest BCUT2D eigenvalue weighted by Crippen LogP contribution is 2.36. The summed E-state index contributed by atoms with van der Waals surface area (Å²) < 4.78 is 29.1.